The predicted octanol–water partition coefficient (Wildman–Crippen LogP) is 2.56. The average Bonchev–Trinajstić information content (AvgIpc) is 1.64. The van der Waals surface area contributed by atoms with E-state index in [0.717, 1.165) is 0 Å². The normalized spacial score (nSPS) is 11.4. The Morgan fingerprint density at radius 3 is 1.33 bits per heavy atom. The van der Waals surface area contributed by atoms with Gasteiger partial charge in [-0.25, -0.2) is 0 Å². The maximum absolute atomic E-state index is 7.10. The number of hydrogen-bond donors (Lipinski definition) is 1. The molecule has 0 aliphatic rings. The van der Waals surface area contributed by atoms with Crippen molar-refractivity contribution in [1.29, 1.82) is 5.41 Å². The van der Waals surface area contributed by atoms with Crippen LogP contribution in [0.5, 0.6) is 0 Å². The molecule has 0 unspecified atom stereocenters. The molecule has 0 saturated heterocycles. The first-order valence-corrected chi connectivity index (χ1v) is 3.60. The first-order valence-electron chi connectivity index (χ1n) is 3.60. The number of nitrogens with one attached hydrogen (secondary N) is 1. The van der Waals surface area contributed by atoms with Crippen molar-refractivity contribution in [2.24, 2.45) is 17.8 Å². The third kappa shape index (κ3) is 2.64. The summed E-state index contributed by atoms with van der Waals surface area (Å²) >= 11 is 0. The molecule has 0 amide bonds. The highest BCUT2D eigenvalue weighted by Crippen LogP contribution is 2.17. The molecule has 54 valence electrons. The maximum Gasteiger partial charge on any atom is -0.00116 e. The second kappa shape index (κ2) is 3.65. The summed E-state index contributed by atoms with van der Waals surface area (Å²) in [5, 5.41) is 7.10. The van der Waals surface area contributed by atoms with Gasteiger partial charge in [0.2, 0.25) is 0 Å². The van der Waals surface area contributed by atoms with E-state index in [9.17, 15) is 0 Å². The van der Waals surface area contributed by atoms with Crippen molar-refractivity contribution in [2.45, 2.75) is 27.7 Å². The molecule has 0 aromatic heterocycles. The van der Waals surface area contributed by atoms with Crippen LogP contribution in [0.25, 0.3) is 0 Å². The smallest absolute Gasteiger partial charge is 0.00116 e. The van der Waals surface area contributed by atoms with Crippen LogP contribution < -0.4 is 0 Å². The van der Waals surface area contributed by atoms with Gasteiger partial charge in [-0.3, -0.25) is 0 Å². The van der Waals surface area contributed by atoms with Gasteiger partial charge in [-0.05, 0) is 24.0 Å². The van der Waals surface area contributed by atoms with Crippen LogP contribution in [0, 0.1) is 23.2 Å². The highest BCUT2D eigenvalue weighted by Gasteiger charge is 2.13. The Bertz CT molecular complexity index is 76.6. The topological polar surface area (TPSA) is 23.9 Å². The SMILES string of the molecule is CC(C)C(C=N)C(C)C. The van der Waals surface area contributed by atoms with Gasteiger partial charge in [-0.1, -0.05) is 27.7 Å². The van der Waals surface area contributed by atoms with E-state index in [-0.39, 0.29) is 0 Å². The van der Waals surface area contributed by atoms with Crippen molar-refractivity contribution in [1.82, 2.24) is 0 Å². The summed E-state index contributed by atoms with van der Waals surface area (Å²) in [4.78, 5) is 0. The quantitative estimate of drug-likeness (QED) is 0.563. The van der Waals surface area contributed by atoms with E-state index in [4.69, 9.17) is 5.41 Å². The summed E-state index contributed by atoms with van der Waals surface area (Å²) in [7, 11) is 0. The molecule has 0 atom stereocenters. The Balaban J connectivity index is 3.82. The zero-order valence-corrected chi connectivity index (χ0v) is 6.81. The van der Waals surface area contributed by atoms with Crippen LogP contribution in [-0.4, -0.2) is 6.21 Å². The largest absolute Gasteiger partial charge is 0.313 e. The van der Waals surface area contributed by atoms with Crippen LogP contribution in [-0.2, 0) is 0 Å². The van der Waals surface area contributed by atoms with Gasteiger partial charge in [0.1, 0.15) is 0 Å². The lowest BCUT2D eigenvalue weighted by Crippen LogP contribution is -2.16. The average molecular weight is 127 g/mol. The van der Waals surface area contributed by atoms with E-state index < -0.39 is 0 Å². The van der Waals surface area contributed by atoms with Crippen LogP contribution in [0.15, 0.2) is 0 Å². The highest BCUT2D eigenvalue weighted by molar-refractivity contribution is 5.57. The first kappa shape index (κ1) is 8.67. The summed E-state index contributed by atoms with van der Waals surface area (Å²) in [5.74, 6) is 1.69. The minimum absolute atomic E-state index is 0.463. The molecule has 0 aliphatic heterocycles. The molecular weight excluding hydrogens is 110 g/mol. The van der Waals surface area contributed by atoms with Gasteiger partial charge in [0, 0.05) is 0 Å². The van der Waals surface area contributed by atoms with E-state index in [0.29, 0.717) is 17.8 Å². The summed E-state index contributed by atoms with van der Waals surface area (Å²) in [6.07, 6.45) is 1.56. The standard InChI is InChI=1S/C8H17N/c1-6(2)8(5-9)7(3)4/h5-9H,1-4H3. The van der Waals surface area contributed by atoms with Gasteiger partial charge in [-0.15, -0.1) is 0 Å². The molecule has 0 rings (SSSR count). The molecule has 0 aromatic carbocycles. The second-order valence-corrected chi connectivity index (χ2v) is 3.23. The molecule has 0 fully saturated rings. The van der Waals surface area contributed by atoms with Crippen molar-refractivity contribution >= 4 is 6.21 Å². The zero-order chi connectivity index (χ0) is 7.44. The van der Waals surface area contributed by atoms with Crippen LogP contribution >= 0.6 is 0 Å². The minimum Gasteiger partial charge on any atom is -0.313 e. The molecule has 0 spiro atoms. The number of hydrogen-bond acceptors (Lipinski definition) is 1. The van der Waals surface area contributed by atoms with Crippen molar-refractivity contribution < 1.29 is 0 Å². The lowest BCUT2D eigenvalue weighted by Gasteiger charge is -2.18. The van der Waals surface area contributed by atoms with E-state index in [2.05, 4.69) is 27.7 Å². The van der Waals surface area contributed by atoms with E-state index in [1.807, 2.05) is 0 Å². The van der Waals surface area contributed by atoms with Gasteiger partial charge in [0.25, 0.3) is 0 Å². The second-order valence-electron chi connectivity index (χ2n) is 3.23. The molecule has 0 aromatic rings. The Hall–Kier alpha value is -0.330. The van der Waals surface area contributed by atoms with Gasteiger partial charge >= 0.3 is 0 Å². The molecule has 0 radical (unpaired) electrons. The fourth-order valence-electron chi connectivity index (χ4n) is 1.15. The molecule has 9 heavy (non-hydrogen) atoms. The summed E-state index contributed by atoms with van der Waals surface area (Å²) in [5.41, 5.74) is 0. The highest BCUT2D eigenvalue weighted by atomic mass is 14.4. The molecule has 0 aliphatic carbocycles. The van der Waals surface area contributed by atoms with Crippen molar-refractivity contribution in [2.75, 3.05) is 0 Å². The third-order valence-corrected chi connectivity index (χ3v) is 1.73. The third-order valence-electron chi connectivity index (χ3n) is 1.73. The van der Waals surface area contributed by atoms with Crippen LogP contribution in [0.1, 0.15) is 27.7 Å². The van der Waals surface area contributed by atoms with Gasteiger partial charge in [0.15, 0.2) is 0 Å². The Labute approximate surface area is 58.0 Å². The first-order chi connectivity index (χ1) is 4.09. The monoisotopic (exact) mass is 127 g/mol. The Kier molecular flexibility index (Phi) is 3.52. The van der Waals surface area contributed by atoms with Gasteiger partial charge in [0.05, 0.1) is 0 Å². The van der Waals surface area contributed by atoms with Crippen LogP contribution in [0.4, 0.5) is 0 Å². The molecule has 1 nitrogen and oxygen atoms in total. The molecule has 1 heteroatoms. The van der Waals surface area contributed by atoms with Crippen molar-refractivity contribution in [3.05, 3.63) is 0 Å². The summed E-state index contributed by atoms with van der Waals surface area (Å²) < 4.78 is 0. The van der Waals surface area contributed by atoms with Crippen LogP contribution in [0.2, 0.25) is 0 Å². The molecule has 1 N–H and O–H groups in total. The predicted molar refractivity (Wildman–Crippen MR) is 41.9 cm³/mol. The fourth-order valence-corrected chi connectivity index (χ4v) is 1.15. The minimum atomic E-state index is 0.463. The van der Waals surface area contributed by atoms with E-state index in [1.165, 1.54) is 0 Å². The van der Waals surface area contributed by atoms with E-state index >= 15 is 0 Å². The summed E-state index contributed by atoms with van der Waals surface area (Å²) in [6.45, 7) is 8.65. The summed E-state index contributed by atoms with van der Waals surface area (Å²) in [6, 6.07) is 0. The van der Waals surface area contributed by atoms with Crippen molar-refractivity contribution in [3.63, 3.8) is 0 Å². The van der Waals surface area contributed by atoms with Crippen LogP contribution in [0.3, 0.4) is 0 Å². The molecular formula is C8H17N. The zero-order valence-electron chi connectivity index (χ0n) is 6.81. The Morgan fingerprint density at radius 1 is 1.00 bits per heavy atom. The molecule has 0 bridgehead atoms. The fraction of sp³-hybridized carbons (Fsp3) is 0.875. The maximum atomic E-state index is 7.10. The molecule has 0 heterocycles. The van der Waals surface area contributed by atoms with Crippen molar-refractivity contribution in [3.8, 4) is 0 Å². The lowest BCUT2D eigenvalue weighted by molar-refractivity contribution is 0.387. The lowest BCUT2D eigenvalue weighted by atomic mass is 9.87. The van der Waals surface area contributed by atoms with Gasteiger partial charge < -0.3 is 5.41 Å². The van der Waals surface area contributed by atoms with E-state index in [1.54, 1.807) is 6.21 Å². The van der Waals surface area contributed by atoms with Gasteiger partial charge in [-0.2, -0.15) is 0 Å². The number of rotatable bonds is 3. The Morgan fingerprint density at radius 2 is 1.33 bits per heavy atom. The molecule has 0 saturated carbocycles.